The topological polar surface area (TPSA) is 104 Å². The minimum Gasteiger partial charge on any atom is -0.407 e. The lowest BCUT2D eigenvalue weighted by atomic mass is 9.97. The quantitative estimate of drug-likeness (QED) is 0.774. The standard InChI is InChI=1S/C14H23N7O3/c1-14(2,3)12-16-17-13(24-12)20-5-8-23-10(9-20)11-15-19-21(18-11)6-7-22-4/h10H,5-9H2,1-4H3. The molecule has 3 rings (SSSR count). The second kappa shape index (κ2) is 6.81. The molecule has 0 aliphatic carbocycles. The molecule has 1 saturated heterocycles. The highest BCUT2D eigenvalue weighted by molar-refractivity contribution is 5.26. The number of hydrogen-bond acceptors (Lipinski definition) is 9. The number of hydrogen-bond donors (Lipinski definition) is 0. The van der Waals surface area contributed by atoms with E-state index in [2.05, 4.69) is 25.6 Å². The fourth-order valence-corrected chi connectivity index (χ4v) is 2.28. The van der Waals surface area contributed by atoms with Gasteiger partial charge in [-0.15, -0.1) is 15.3 Å². The van der Waals surface area contributed by atoms with Crippen LogP contribution in [0.4, 0.5) is 6.01 Å². The maximum atomic E-state index is 5.80. The first kappa shape index (κ1) is 16.8. The molecule has 0 saturated carbocycles. The first-order chi connectivity index (χ1) is 11.5. The van der Waals surface area contributed by atoms with Crippen LogP contribution in [-0.4, -0.2) is 63.8 Å². The van der Waals surface area contributed by atoms with Gasteiger partial charge < -0.3 is 18.8 Å². The van der Waals surface area contributed by atoms with Gasteiger partial charge in [0.1, 0.15) is 6.10 Å². The maximum Gasteiger partial charge on any atom is 0.318 e. The summed E-state index contributed by atoms with van der Waals surface area (Å²) in [6.45, 7) is 8.95. The van der Waals surface area contributed by atoms with Gasteiger partial charge >= 0.3 is 6.01 Å². The Hall–Kier alpha value is -2.07. The van der Waals surface area contributed by atoms with E-state index in [4.69, 9.17) is 13.9 Å². The van der Waals surface area contributed by atoms with Crippen LogP contribution in [0.2, 0.25) is 0 Å². The van der Waals surface area contributed by atoms with E-state index in [9.17, 15) is 0 Å². The summed E-state index contributed by atoms with van der Waals surface area (Å²) in [6, 6.07) is 0.500. The maximum absolute atomic E-state index is 5.80. The molecule has 0 spiro atoms. The fraction of sp³-hybridized carbons (Fsp3) is 0.786. The van der Waals surface area contributed by atoms with Crippen molar-refractivity contribution in [2.45, 2.75) is 38.8 Å². The molecule has 0 radical (unpaired) electrons. The predicted molar refractivity (Wildman–Crippen MR) is 83.6 cm³/mol. The Morgan fingerprint density at radius 2 is 2.08 bits per heavy atom. The second-order valence-electron chi connectivity index (χ2n) is 6.68. The Labute approximate surface area is 140 Å². The molecule has 10 nitrogen and oxygen atoms in total. The van der Waals surface area contributed by atoms with Crippen LogP contribution in [0, 0.1) is 0 Å². The highest BCUT2D eigenvalue weighted by Crippen LogP contribution is 2.27. The van der Waals surface area contributed by atoms with E-state index >= 15 is 0 Å². The molecule has 24 heavy (non-hydrogen) atoms. The number of morpholine rings is 1. The highest BCUT2D eigenvalue weighted by Gasteiger charge is 2.30. The molecule has 1 atom stereocenters. The third-order valence-corrected chi connectivity index (χ3v) is 3.64. The molecule has 1 fully saturated rings. The van der Waals surface area contributed by atoms with Crippen molar-refractivity contribution >= 4 is 6.01 Å². The Morgan fingerprint density at radius 1 is 1.25 bits per heavy atom. The zero-order valence-electron chi connectivity index (χ0n) is 14.5. The monoisotopic (exact) mass is 337 g/mol. The van der Waals surface area contributed by atoms with Crippen LogP contribution in [0.5, 0.6) is 0 Å². The minimum absolute atomic E-state index is 0.178. The first-order valence-electron chi connectivity index (χ1n) is 7.94. The van der Waals surface area contributed by atoms with Crippen LogP contribution in [-0.2, 0) is 21.4 Å². The summed E-state index contributed by atoms with van der Waals surface area (Å²) in [7, 11) is 1.64. The molecule has 2 aromatic heterocycles. The van der Waals surface area contributed by atoms with Gasteiger partial charge in [-0.05, 0) is 5.21 Å². The number of nitrogens with zero attached hydrogens (tertiary/aromatic N) is 7. The van der Waals surface area contributed by atoms with Gasteiger partial charge in [0, 0.05) is 19.1 Å². The summed E-state index contributed by atoms with van der Waals surface area (Å²) in [5.41, 5.74) is -0.178. The lowest BCUT2D eigenvalue weighted by molar-refractivity contribution is 0.0319. The molecule has 0 amide bonds. The van der Waals surface area contributed by atoms with Crippen molar-refractivity contribution in [1.29, 1.82) is 0 Å². The molecule has 10 heteroatoms. The molecular weight excluding hydrogens is 314 g/mol. The third-order valence-electron chi connectivity index (χ3n) is 3.64. The van der Waals surface area contributed by atoms with E-state index in [0.717, 1.165) is 0 Å². The molecule has 2 aromatic rings. The first-order valence-corrected chi connectivity index (χ1v) is 7.94. The van der Waals surface area contributed by atoms with Gasteiger partial charge in [-0.2, -0.15) is 4.80 Å². The van der Waals surface area contributed by atoms with Crippen LogP contribution in [0.3, 0.4) is 0 Å². The van der Waals surface area contributed by atoms with Crippen molar-refractivity contribution < 1.29 is 13.9 Å². The van der Waals surface area contributed by atoms with Crippen LogP contribution < -0.4 is 4.90 Å². The smallest absolute Gasteiger partial charge is 0.318 e. The number of rotatable bonds is 5. The van der Waals surface area contributed by atoms with Crippen molar-refractivity contribution in [1.82, 2.24) is 30.4 Å². The molecule has 0 aromatic carbocycles. The van der Waals surface area contributed by atoms with Crippen LogP contribution in [0.1, 0.15) is 38.6 Å². The van der Waals surface area contributed by atoms with Gasteiger partial charge in [0.05, 0.1) is 26.3 Å². The van der Waals surface area contributed by atoms with Gasteiger partial charge in [-0.1, -0.05) is 25.9 Å². The summed E-state index contributed by atoms with van der Waals surface area (Å²) in [5, 5.41) is 20.7. The summed E-state index contributed by atoms with van der Waals surface area (Å²) < 4.78 is 16.6. The van der Waals surface area contributed by atoms with Gasteiger partial charge in [0.2, 0.25) is 11.7 Å². The summed E-state index contributed by atoms with van der Waals surface area (Å²) >= 11 is 0. The van der Waals surface area contributed by atoms with Crippen molar-refractivity contribution in [3.05, 3.63) is 11.7 Å². The molecule has 0 bridgehead atoms. The minimum atomic E-state index is -0.278. The van der Waals surface area contributed by atoms with Crippen LogP contribution in [0.15, 0.2) is 4.42 Å². The Kier molecular flexibility index (Phi) is 4.76. The molecule has 132 valence electrons. The fourth-order valence-electron chi connectivity index (χ4n) is 2.28. The molecule has 0 N–H and O–H groups in total. The molecule has 1 aliphatic heterocycles. The lowest BCUT2D eigenvalue weighted by Gasteiger charge is -2.29. The number of tetrazole rings is 1. The highest BCUT2D eigenvalue weighted by atomic mass is 16.5. The Bertz CT molecular complexity index is 663. The van der Waals surface area contributed by atoms with E-state index in [1.807, 2.05) is 25.7 Å². The number of anilines is 1. The average Bonchev–Trinajstić information content (AvgIpc) is 3.22. The van der Waals surface area contributed by atoms with Gasteiger partial charge in [0.25, 0.3) is 0 Å². The van der Waals surface area contributed by atoms with Crippen molar-refractivity contribution in [2.75, 3.05) is 38.3 Å². The number of methoxy groups -OCH3 is 1. The van der Waals surface area contributed by atoms with Crippen molar-refractivity contribution in [3.8, 4) is 0 Å². The van der Waals surface area contributed by atoms with E-state index in [1.165, 1.54) is 4.80 Å². The average molecular weight is 337 g/mol. The second-order valence-corrected chi connectivity index (χ2v) is 6.68. The number of aromatic nitrogens is 6. The van der Waals surface area contributed by atoms with Crippen LogP contribution >= 0.6 is 0 Å². The van der Waals surface area contributed by atoms with Crippen LogP contribution in [0.25, 0.3) is 0 Å². The van der Waals surface area contributed by atoms with Crippen molar-refractivity contribution in [3.63, 3.8) is 0 Å². The molecule has 1 unspecified atom stereocenters. The van der Waals surface area contributed by atoms with E-state index in [1.54, 1.807) is 7.11 Å². The summed E-state index contributed by atoms with van der Waals surface area (Å²) in [6.07, 6.45) is -0.278. The normalized spacial score (nSPS) is 19.0. The predicted octanol–water partition coefficient (Wildman–Crippen LogP) is 0.578. The summed E-state index contributed by atoms with van der Waals surface area (Å²) in [5.74, 6) is 1.16. The zero-order chi connectivity index (χ0) is 17.2. The zero-order valence-corrected chi connectivity index (χ0v) is 14.5. The molecule has 1 aliphatic rings. The number of ether oxygens (including phenoxy) is 2. The third kappa shape index (κ3) is 3.70. The Balaban J connectivity index is 1.68. The SMILES string of the molecule is COCCn1nnc(C2CN(c3nnc(C(C)(C)C)o3)CCO2)n1. The van der Waals surface area contributed by atoms with E-state index in [-0.39, 0.29) is 11.5 Å². The van der Waals surface area contributed by atoms with E-state index in [0.29, 0.717) is 50.6 Å². The van der Waals surface area contributed by atoms with Gasteiger partial charge in [-0.25, -0.2) is 0 Å². The van der Waals surface area contributed by atoms with Crippen molar-refractivity contribution in [2.24, 2.45) is 0 Å². The summed E-state index contributed by atoms with van der Waals surface area (Å²) in [4.78, 5) is 3.50. The largest absolute Gasteiger partial charge is 0.407 e. The lowest BCUT2D eigenvalue weighted by Crippen LogP contribution is -2.39. The molecular formula is C14H23N7O3. The van der Waals surface area contributed by atoms with Gasteiger partial charge in [-0.3, -0.25) is 0 Å². The van der Waals surface area contributed by atoms with Gasteiger partial charge in [0.15, 0.2) is 0 Å². The molecule has 3 heterocycles. The van der Waals surface area contributed by atoms with E-state index < -0.39 is 0 Å². The Morgan fingerprint density at radius 3 is 2.79 bits per heavy atom.